The molecule has 4 aliphatic heterocycles. The molecular formula is C25H21F2N3O4S. The Morgan fingerprint density at radius 3 is 2.83 bits per heavy atom. The molecule has 1 atom stereocenters. The number of benzene rings is 2. The molecule has 0 unspecified atom stereocenters. The maximum Gasteiger partial charge on any atom is 0.276 e. The molecule has 2 aromatic rings. The highest BCUT2D eigenvalue weighted by molar-refractivity contribution is 7.98. The van der Waals surface area contributed by atoms with E-state index < -0.39 is 23.7 Å². The van der Waals surface area contributed by atoms with Crippen LogP contribution < -0.4 is 5.43 Å². The van der Waals surface area contributed by atoms with Gasteiger partial charge in [-0.05, 0) is 29.7 Å². The number of aliphatic hydroxyl groups is 1. The van der Waals surface area contributed by atoms with Gasteiger partial charge in [0.1, 0.15) is 18.2 Å². The van der Waals surface area contributed by atoms with Crippen LogP contribution in [0.5, 0.6) is 0 Å². The number of hydrogen-bond acceptors (Lipinski definition) is 7. The van der Waals surface area contributed by atoms with Crippen molar-refractivity contribution in [2.24, 2.45) is 0 Å². The molecule has 4 aliphatic rings. The van der Waals surface area contributed by atoms with Crippen LogP contribution in [-0.2, 0) is 26.5 Å². The minimum atomic E-state index is -1.03. The molecule has 2 aromatic carbocycles. The summed E-state index contributed by atoms with van der Waals surface area (Å²) in [7, 11) is 0. The molecule has 6 rings (SSSR count). The zero-order valence-corrected chi connectivity index (χ0v) is 19.3. The van der Waals surface area contributed by atoms with Crippen LogP contribution in [0.25, 0.3) is 5.70 Å². The predicted molar refractivity (Wildman–Crippen MR) is 124 cm³/mol. The molecule has 2 N–H and O–H groups in total. The number of thioether (sulfide) groups is 1. The Labute approximate surface area is 204 Å². The van der Waals surface area contributed by atoms with Gasteiger partial charge in [0.15, 0.2) is 17.3 Å². The van der Waals surface area contributed by atoms with Gasteiger partial charge in [-0.15, -0.1) is 11.8 Å². The summed E-state index contributed by atoms with van der Waals surface area (Å²) in [6, 6.07) is 8.76. The Hall–Kier alpha value is -3.21. The Balaban J connectivity index is 1.55. The van der Waals surface area contributed by atoms with Crippen LogP contribution in [0.1, 0.15) is 28.7 Å². The van der Waals surface area contributed by atoms with Crippen molar-refractivity contribution in [3.05, 3.63) is 81.2 Å². The number of nitrogens with one attached hydrogen (secondary N) is 1. The lowest BCUT2D eigenvalue weighted by Crippen LogP contribution is -2.66. The summed E-state index contributed by atoms with van der Waals surface area (Å²) < 4.78 is 35.5. The molecule has 7 nitrogen and oxygen atoms in total. The van der Waals surface area contributed by atoms with Crippen molar-refractivity contribution in [3.63, 3.8) is 0 Å². The van der Waals surface area contributed by atoms with E-state index in [1.54, 1.807) is 4.90 Å². The summed E-state index contributed by atoms with van der Waals surface area (Å²) >= 11 is 1.43. The fourth-order valence-corrected chi connectivity index (χ4v) is 6.22. The van der Waals surface area contributed by atoms with E-state index in [0.717, 1.165) is 16.5 Å². The number of nitrogens with zero attached hydrogens (tertiary/aromatic N) is 2. The zero-order chi connectivity index (χ0) is 24.3. The quantitative estimate of drug-likeness (QED) is 0.617. The first-order valence-corrected chi connectivity index (χ1v) is 12.2. The van der Waals surface area contributed by atoms with E-state index in [2.05, 4.69) is 5.43 Å². The van der Waals surface area contributed by atoms with E-state index in [1.807, 2.05) is 24.3 Å². The minimum absolute atomic E-state index is 0.0226. The van der Waals surface area contributed by atoms with Gasteiger partial charge in [0.2, 0.25) is 0 Å². The van der Waals surface area contributed by atoms with Crippen molar-refractivity contribution in [3.8, 4) is 0 Å². The smallest absolute Gasteiger partial charge is 0.276 e. The monoisotopic (exact) mass is 497 g/mol. The van der Waals surface area contributed by atoms with E-state index in [4.69, 9.17) is 4.74 Å². The van der Waals surface area contributed by atoms with Crippen LogP contribution in [0, 0.1) is 11.6 Å². The van der Waals surface area contributed by atoms with E-state index >= 15 is 4.39 Å². The van der Waals surface area contributed by atoms with Gasteiger partial charge in [0.25, 0.3) is 5.91 Å². The van der Waals surface area contributed by atoms with Gasteiger partial charge in [-0.3, -0.25) is 14.6 Å². The van der Waals surface area contributed by atoms with Crippen LogP contribution in [-0.4, -0.2) is 53.1 Å². The first-order valence-electron chi connectivity index (χ1n) is 11.2. The molecular weight excluding hydrogens is 476 g/mol. The van der Waals surface area contributed by atoms with Crippen LogP contribution in [0.2, 0.25) is 0 Å². The number of amides is 1. The first-order chi connectivity index (χ1) is 17.0. The molecule has 0 spiro atoms. The number of rotatable bonds is 2. The standard InChI is InChI=1S/C25H21F2N3O4S/c26-18-9-16(15-7-13-3-1-2-4-20(13)35-12-17(15)22(18)27)23-14(10-31)8-19(32)24-25(33)29-5-6-34-11-21(29)28-30(23)24/h1-4,9-10,21,28,32H,5-8,11-12H2/t21-/m0/s1. The van der Waals surface area contributed by atoms with E-state index in [9.17, 15) is 19.1 Å². The third-order valence-corrected chi connectivity index (χ3v) is 7.94. The van der Waals surface area contributed by atoms with Crippen molar-refractivity contribution in [2.75, 3.05) is 19.8 Å². The highest BCUT2D eigenvalue weighted by atomic mass is 32.2. The highest BCUT2D eigenvalue weighted by Crippen LogP contribution is 2.43. The minimum Gasteiger partial charge on any atom is -0.510 e. The van der Waals surface area contributed by atoms with E-state index in [0.29, 0.717) is 37.0 Å². The number of allylic oxidation sites excluding steroid dienone is 1. The molecule has 2 fully saturated rings. The van der Waals surface area contributed by atoms with Gasteiger partial charge >= 0.3 is 0 Å². The van der Waals surface area contributed by atoms with E-state index in [-0.39, 0.29) is 47.1 Å². The van der Waals surface area contributed by atoms with Crippen molar-refractivity contribution in [1.82, 2.24) is 15.3 Å². The number of carbonyl (C=O) groups excluding carboxylic acids is 2. The predicted octanol–water partition coefficient (Wildman–Crippen LogP) is 3.25. The average Bonchev–Trinajstić information content (AvgIpc) is 3.06. The van der Waals surface area contributed by atoms with Crippen LogP contribution in [0.4, 0.5) is 8.78 Å². The lowest BCUT2D eigenvalue weighted by Gasteiger charge is -2.48. The number of hydrogen-bond donors (Lipinski definition) is 2. The lowest BCUT2D eigenvalue weighted by molar-refractivity contribution is -0.147. The first kappa shape index (κ1) is 22.3. The zero-order valence-electron chi connectivity index (χ0n) is 18.5. The summed E-state index contributed by atoms with van der Waals surface area (Å²) in [6.07, 6.45) is 0.192. The number of hydrazine groups is 1. The number of ether oxygens (including phenoxy) is 1. The second kappa shape index (κ2) is 8.47. The number of fused-ring (bicyclic) bond motifs is 4. The third-order valence-electron chi connectivity index (χ3n) is 6.80. The van der Waals surface area contributed by atoms with Crippen molar-refractivity contribution in [1.29, 1.82) is 0 Å². The van der Waals surface area contributed by atoms with Crippen molar-refractivity contribution in [2.45, 2.75) is 29.7 Å². The number of halogens is 2. The molecule has 0 bridgehead atoms. The molecule has 0 aromatic heterocycles. The summed E-state index contributed by atoms with van der Waals surface area (Å²) in [5.74, 6) is -2.40. The second-order valence-electron chi connectivity index (χ2n) is 8.77. The van der Waals surface area contributed by atoms with Crippen molar-refractivity contribution < 1.29 is 28.2 Å². The molecule has 180 valence electrons. The Morgan fingerprint density at radius 2 is 2.00 bits per heavy atom. The SMILES string of the molecule is O=CC1=C(c2cc(F)c(F)c3c2Cc2ccccc2SC3)N2N[C@@H]3COCCN3C(=O)C2=C(O)C1. The fourth-order valence-electron chi connectivity index (χ4n) is 5.12. The largest absolute Gasteiger partial charge is 0.510 e. The molecule has 1 amide bonds. The van der Waals surface area contributed by atoms with Crippen molar-refractivity contribution >= 4 is 29.7 Å². The van der Waals surface area contributed by atoms with Crippen LogP contribution in [0.3, 0.4) is 0 Å². The number of aldehydes is 1. The maximum absolute atomic E-state index is 15.1. The topological polar surface area (TPSA) is 82.1 Å². The van der Waals surface area contributed by atoms with Crippen LogP contribution >= 0.6 is 11.8 Å². The molecule has 4 heterocycles. The number of aliphatic hydroxyl groups excluding tert-OH is 1. The third kappa shape index (κ3) is 3.47. The molecule has 35 heavy (non-hydrogen) atoms. The second-order valence-corrected chi connectivity index (χ2v) is 9.78. The van der Waals surface area contributed by atoms with Gasteiger partial charge in [0.05, 0.1) is 18.9 Å². The molecule has 10 heteroatoms. The summed E-state index contributed by atoms with van der Waals surface area (Å²) in [5.41, 5.74) is 5.59. The number of carbonyl (C=O) groups is 2. The maximum atomic E-state index is 15.1. The van der Waals surface area contributed by atoms with E-state index in [1.165, 1.54) is 16.8 Å². The molecule has 0 saturated carbocycles. The van der Waals surface area contributed by atoms with Gasteiger partial charge in [-0.25, -0.2) is 14.2 Å². The summed E-state index contributed by atoms with van der Waals surface area (Å²) in [6.45, 7) is 0.920. The fraction of sp³-hybridized carbons (Fsp3) is 0.280. The number of morpholine rings is 1. The Kier molecular flexibility index (Phi) is 5.39. The highest BCUT2D eigenvalue weighted by Gasteiger charge is 2.44. The Bertz CT molecular complexity index is 1340. The summed E-state index contributed by atoms with van der Waals surface area (Å²) in [5, 5.41) is 12.1. The molecule has 0 aliphatic carbocycles. The van der Waals surface area contributed by atoms with Gasteiger partial charge in [-0.1, -0.05) is 18.2 Å². The van der Waals surface area contributed by atoms with Gasteiger partial charge in [0, 0.05) is 40.3 Å². The Morgan fingerprint density at radius 1 is 1.17 bits per heavy atom. The van der Waals surface area contributed by atoms with Gasteiger partial charge < -0.3 is 14.7 Å². The van der Waals surface area contributed by atoms with Gasteiger partial charge in [-0.2, -0.15) is 0 Å². The molecule has 2 saturated heterocycles. The summed E-state index contributed by atoms with van der Waals surface area (Å²) in [4.78, 5) is 28.0. The lowest BCUT2D eigenvalue weighted by atomic mass is 9.89. The average molecular weight is 498 g/mol. The molecule has 0 radical (unpaired) electrons. The van der Waals surface area contributed by atoms with Crippen LogP contribution in [0.15, 0.2) is 52.3 Å². The normalized spacial score (nSPS) is 21.8.